The molecular formula is C11H16N2O2. The first-order valence-corrected chi connectivity index (χ1v) is 4.95. The van der Waals surface area contributed by atoms with E-state index in [1.54, 1.807) is 12.1 Å². The number of nitrogens with one attached hydrogen (secondary N) is 1. The van der Waals surface area contributed by atoms with Crippen molar-refractivity contribution in [3.05, 3.63) is 24.3 Å². The molecule has 0 aliphatic heterocycles. The SMILES string of the molecule is CCC(C)Oc1cccc(NC(N)=O)c1. The summed E-state index contributed by atoms with van der Waals surface area (Å²) in [4.78, 5) is 10.6. The zero-order valence-corrected chi connectivity index (χ0v) is 8.99. The van der Waals surface area contributed by atoms with E-state index in [0.29, 0.717) is 5.69 Å². The van der Waals surface area contributed by atoms with Gasteiger partial charge in [0.15, 0.2) is 0 Å². The molecule has 0 aromatic heterocycles. The third kappa shape index (κ3) is 3.89. The first-order valence-electron chi connectivity index (χ1n) is 4.95. The van der Waals surface area contributed by atoms with Crippen molar-refractivity contribution in [2.45, 2.75) is 26.4 Å². The van der Waals surface area contributed by atoms with E-state index in [-0.39, 0.29) is 6.10 Å². The summed E-state index contributed by atoms with van der Waals surface area (Å²) in [5.41, 5.74) is 5.65. The van der Waals surface area contributed by atoms with Crippen molar-refractivity contribution in [3.8, 4) is 5.75 Å². The van der Waals surface area contributed by atoms with Gasteiger partial charge in [-0.25, -0.2) is 4.79 Å². The van der Waals surface area contributed by atoms with Crippen LogP contribution in [-0.4, -0.2) is 12.1 Å². The van der Waals surface area contributed by atoms with Crippen LogP contribution >= 0.6 is 0 Å². The van der Waals surface area contributed by atoms with Crippen LogP contribution in [0, 0.1) is 0 Å². The molecule has 0 radical (unpaired) electrons. The molecule has 1 atom stereocenters. The minimum Gasteiger partial charge on any atom is -0.491 e. The molecule has 1 rings (SSSR count). The standard InChI is InChI=1S/C11H16N2O2/c1-3-8(2)15-10-6-4-5-9(7-10)13-11(12)14/h4-8H,3H2,1-2H3,(H3,12,13,14). The van der Waals surface area contributed by atoms with Gasteiger partial charge in [0.1, 0.15) is 5.75 Å². The summed E-state index contributed by atoms with van der Waals surface area (Å²) < 4.78 is 5.59. The summed E-state index contributed by atoms with van der Waals surface area (Å²) in [6.45, 7) is 4.05. The Labute approximate surface area is 89.4 Å². The lowest BCUT2D eigenvalue weighted by Crippen LogP contribution is -2.19. The molecule has 4 heteroatoms. The Morgan fingerprint density at radius 3 is 2.93 bits per heavy atom. The lowest BCUT2D eigenvalue weighted by molar-refractivity contribution is 0.217. The van der Waals surface area contributed by atoms with E-state index >= 15 is 0 Å². The minimum absolute atomic E-state index is 0.161. The van der Waals surface area contributed by atoms with Crippen LogP contribution in [0.1, 0.15) is 20.3 Å². The first-order chi connectivity index (χ1) is 7.11. The highest BCUT2D eigenvalue weighted by Crippen LogP contribution is 2.18. The lowest BCUT2D eigenvalue weighted by Gasteiger charge is -2.13. The number of ether oxygens (including phenoxy) is 1. The second-order valence-electron chi connectivity index (χ2n) is 3.35. The van der Waals surface area contributed by atoms with Gasteiger partial charge in [-0.2, -0.15) is 0 Å². The zero-order valence-electron chi connectivity index (χ0n) is 8.99. The van der Waals surface area contributed by atoms with Gasteiger partial charge in [0.2, 0.25) is 0 Å². The number of primary amides is 1. The number of carbonyl (C=O) groups excluding carboxylic acids is 1. The Morgan fingerprint density at radius 1 is 1.60 bits per heavy atom. The number of hydrogen-bond acceptors (Lipinski definition) is 2. The molecule has 1 aromatic rings. The topological polar surface area (TPSA) is 64.3 Å². The molecule has 1 aromatic carbocycles. The second-order valence-corrected chi connectivity index (χ2v) is 3.35. The number of carbonyl (C=O) groups is 1. The number of anilines is 1. The van der Waals surface area contributed by atoms with E-state index in [0.717, 1.165) is 12.2 Å². The molecule has 2 amide bonds. The van der Waals surface area contributed by atoms with E-state index in [1.807, 2.05) is 19.1 Å². The van der Waals surface area contributed by atoms with E-state index in [9.17, 15) is 4.79 Å². The molecule has 0 aliphatic rings. The largest absolute Gasteiger partial charge is 0.491 e. The molecule has 0 heterocycles. The van der Waals surface area contributed by atoms with Gasteiger partial charge < -0.3 is 15.8 Å². The van der Waals surface area contributed by atoms with E-state index in [4.69, 9.17) is 10.5 Å². The summed E-state index contributed by atoms with van der Waals surface area (Å²) >= 11 is 0. The van der Waals surface area contributed by atoms with E-state index in [2.05, 4.69) is 12.2 Å². The van der Waals surface area contributed by atoms with Crippen molar-refractivity contribution >= 4 is 11.7 Å². The molecule has 3 N–H and O–H groups in total. The van der Waals surface area contributed by atoms with Gasteiger partial charge in [0.05, 0.1) is 6.10 Å². The van der Waals surface area contributed by atoms with Crippen LogP contribution in [0.5, 0.6) is 5.75 Å². The molecule has 4 nitrogen and oxygen atoms in total. The third-order valence-electron chi connectivity index (χ3n) is 2.01. The molecule has 15 heavy (non-hydrogen) atoms. The maximum Gasteiger partial charge on any atom is 0.316 e. The lowest BCUT2D eigenvalue weighted by atomic mass is 10.3. The predicted molar refractivity (Wildman–Crippen MR) is 60.0 cm³/mol. The van der Waals surface area contributed by atoms with Crippen molar-refractivity contribution in [2.75, 3.05) is 5.32 Å². The molecule has 0 aliphatic carbocycles. The number of urea groups is 1. The highest BCUT2D eigenvalue weighted by molar-refractivity contribution is 5.87. The third-order valence-corrected chi connectivity index (χ3v) is 2.01. The number of amides is 2. The Bertz CT molecular complexity index is 339. The fraction of sp³-hybridized carbons (Fsp3) is 0.364. The van der Waals surface area contributed by atoms with Crippen LogP contribution in [0.15, 0.2) is 24.3 Å². The highest BCUT2D eigenvalue weighted by atomic mass is 16.5. The van der Waals surface area contributed by atoms with E-state index in [1.165, 1.54) is 0 Å². The van der Waals surface area contributed by atoms with Gasteiger partial charge in [-0.15, -0.1) is 0 Å². The van der Waals surface area contributed by atoms with Crippen LogP contribution in [0.4, 0.5) is 10.5 Å². The monoisotopic (exact) mass is 208 g/mol. The molecular weight excluding hydrogens is 192 g/mol. The van der Waals surface area contributed by atoms with Crippen molar-refractivity contribution in [1.82, 2.24) is 0 Å². The van der Waals surface area contributed by atoms with Gasteiger partial charge in [-0.1, -0.05) is 13.0 Å². The van der Waals surface area contributed by atoms with Crippen molar-refractivity contribution < 1.29 is 9.53 Å². The Hall–Kier alpha value is -1.71. The summed E-state index contributed by atoms with van der Waals surface area (Å²) in [6, 6.07) is 6.59. The van der Waals surface area contributed by atoms with Crippen LogP contribution in [-0.2, 0) is 0 Å². The highest BCUT2D eigenvalue weighted by Gasteiger charge is 2.02. The number of hydrogen-bond donors (Lipinski definition) is 2. The van der Waals surface area contributed by atoms with Crippen molar-refractivity contribution in [2.24, 2.45) is 5.73 Å². The van der Waals surface area contributed by atoms with Gasteiger partial charge >= 0.3 is 6.03 Å². The summed E-state index contributed by atoms with van der Waals surface area (Å²) in [5, 5.41) is 2.50. The molecule has 1 unspecified atom stereocenters. The molecule has 0 spiro atoms. The van der Waals surface area contributed by atoms with Crippen LogP contribution in [0.25, 0.3) is 0 Å². The second kappa shape index (κ2) is 5.24. The predicted octanol–water partition coefficient (Wildman–Crippen LogP) is 2.35. The normalized spacial score (nSPS) is 11.9. The van der Waals surface area contributed by atoms with Gasteiger partial charge in [-0.3, -0.25) is 0 Å². The van der Waals surface area contributed by atoms with Crippen molar-refractivity contribution in [1.29, 1.82) is 0 Å². The van der Waals surface area contributed by atoms with Crippen LogP contribution in [0.3, 0.4) is 0 Å². The molecule has 82 valence electrons. The molecule has 0 bridgehead atoms. The molecule has 0 saturated carbocycles. The molecule has 0 saturated heterocycles. The Kier molecular flexibility index (Phi) is 3.97. The van der Waals surface area contributed by atoms with Gasteiger partial charge in [-0.05, 0) is 25.5 Å². The van der Waals surface area contributed by atoms with Crippen LogP contribution in [0.2, 0.25) is 0 Å². The summed E-state index contributed by atoms with van der Waals surface area (Å²) in [6.07, 6.45) is 1.10. The van der Waals surface area contributed by atoms with E-state index < -0.39 is 6.03 Å². The molecule has 0 fully saturated rings. The average molecular weight is 208 g/mol. The Morgan fingerprint density at radius 2 is 2.33 bits per heavy atom. The van der Waals surface area contributed by atoms with Crippen molar-refractivity contribution in [3.63, 3.8) is 0 Å². The zero-order chi connectivity index (χ0) is 11.3. The maximum atomic E-state index is 10.6. The summed E-state index contributed by atoms with van der Waals surface area (Å²) in [7, 11) is 0. The number of nitrogens with two attached hydrogens (primary N) is 1. The first kappa shape index (κ1) is 11.4. The summed E-state index contributed by atoms with van der Waals surface area (Å²) in [5.74, 6) is 0.732. The number of benzene rings is 1. The fourth-order valence-corrected chi connectivity index (χ4v) is 1.11. The number of rotatable bonds is 4. The quantitative estimate of drug-likeness (QED) is 0.797. The maximum absolute atomic E-state index is 10.6. The minimum atomic E-state index is -0.573. The smallest absolute Gasteiger partial charge is 0.316 e. The van der Waals surface area contributed by atoms with Crippen LogP contribution < -0.4 is 15.8 Å². The van der Waals surface area contributed by atoms with Gasteiger partial charge in [0, 0.05) is 11.8 Å². The van der Waals surface area contributed by atoms with Gasteiger partial charge in [0.25, 0.3) is 0 Å². The fourth-order valence-electron chi connectivity index (χ4n) is 1.11. The Balaban J connectivity index is 2.69. The average Bonchev–Trinajstić information content (AvgIpc) is 2.17.